The normalized spacial score (nSPS) is 19.4. The lowest BCUT2D eigenvalue weighted by atomic mass is 10.1. The number of hydrogen-bond donors (Lipinski definition) is 2. The van der Waals surface area contributed by atoms with Gasteiger partial charge in [0.1, 0.15) is 18.1 Å². The molecule has 1 aliphatic rings. The highest BCUT2D eigenvalue weighted by atomic mass is 16.5. The SMILES string of the molecule is Cc1ccc(C(C)NC(=NCC(=O)N(C)C)NCC2CCCCO2)o1. The number of ether oxygens (including phenoxy) is 1. The van der Waals surface area contributed by atoms with Crippen LogP contribution in [0.25, 0.3) is 0 Å². The molecule has 1 amide bonds. The summed E-state index contributed by atoms with van der Waals surface area (Å²) in [7, 11) is 3.45. The average Bonchev–Trinajstić information content (AvgIpc) is 3.04. The van der Waals surface area contributed by atoms with Crippen LogP contribution < -0.4 is 10.6 Å². The van der Waals surface area contributed by atoms with Crippen molar-refractivity contribution >= 4 is 11.9 Å². The molecule has 0 aliphatic carbocycles. The topological polar surface area (TPSA) is 79.1 Å². The summed E-state index contributed by atoms with van der Waals surface area (Å²) in [6.45, 7) is 5.50. The Hall–Kier alpha value is -2.02. The van der Waals surface area contributed by atoms with Gasteiger partial charge in [-0.25, -0.2) is 4.99 Å². The standard InChI is InChI=1S/C18H30N4O3/c1-13-8-9-16(25-13)14(2)21-18(20-12-17(23)22(3)4)19-11-15-7-5-6-10-24-15/h8-9,14-15H,5-7,10-12H2,1-4H3,(H2,19,20,21). The molecule has 7 nitrogen and oxygen atoms in total. The molecule has 7 heteroatoms. The lowest BCUT2D eigenvalue weighted by Gasteiger charge is -2.24. The highest BCUT2D eigenvalue weighted by Crippen LogP contribution is 2.15. The van der Waals surface area contributed by atoms with Crippen molar-refractivity contribution in [3.63, 3.8) is 0 Å². The molecule has 1 fully saturated rings. The molecule has 2 unspecified atom stereocenters. The zero-order valence-corrected chi connectivity index (χ0v) is 15.7. The van der Waals surface area contributed by atoms with Crippen molar-refractivity contribution in [3.05, 3.63) is 23.7 Å². The Labute approximate surface area is 149 Å². The average molecular weight is 350 g/mol. The fourth-order valence-corrected chi connectivity index (χ4v) is 2.58. The molecule has 0 aromatic carbocycles. The molecule has 1 saturated heterocycles. The van der Waals surface area contributed by atoms with E-state index in [1.54, 1.807) is 14.1 Å². The van der Waals surface area contributed by atoms with Gasteiger partial charge in [0.15, 0.2) is 5.96 Å². The minimum atomic E-state index is -0.0540. The van der Waals surface area contributed by atoms with E-state index in [1.165, 1.54) is 11.3 Å². The highest BCUT2D eigenvalue weighted by molar-refractivity contribution is 5.85. The second kappa shape index (κ2) is 9.46. The summed E-state index contributed by atoms with van der Waals surface area (Å²) in [4.78, 5) is 17.8. The number of nitrogens with one attached hydrogen (secondary N) is 2. The van der Waals surface area contributed by atoms with Crippen LogP contribution >= 0.6 is 0 Å². The summed E-state index contributed by atoms with van der Waals surface area (Å²) >= 11 is 0. The first-order chi connectivity index (χ1) is 12.0. The van der Waals surface area contributed by atoms with Gasteiger partial charge in [-0.1, -0.05) is 0 Å². The van der Waals surface area contributed by atoms with Crippen LogP contribution in [0.1, 0.15) is 43.7 Å². The van der Waals surface area contributed by atoms with Crippen LogP contribution in [-0.2, 0) is 9.53 Å². The predicted octanol–water partition coefficient (Wildman–Crippen LogP) is 1.84. The number of guanidine groups is 1. The van der Waals surface area contributed by atoms with Crippen LogP contribution in [0.15, 0.2) is 21.5 Å². The van der Waals surface area contributed by atoms with Gasteiger partial charge >= 0.3 is 0 Å². The van der Waals surface area contributed by atoms with Crippen molar-refractivity contribution in [2.75, 3.05) is 33.8 Å². The number of amides is 1. The Kier molecular flexibility index (Phi) is 7.31. The fourth-order valence-electron chi connectivity index (χ4n) is 2.58. The quantitative estimate of drug-likeness (QED) is 0.605. The third kappa shape index (κ3) is 6.42. The maximum Gasteiger partial charge on any atom is 0.243 e. The van der Waals surface area contributed by atoms with Crippen LogP contribution in [0, 0.1) is 6.92 Å². The number of nitrogens with zero attached hydrogens (tertiary/aromatic N) is 2. The number of carbonyl (C=O) groups excluding carboxylic acids is 1. The van der Waals surface area contributed by atoms with Crippen LogP contribution in [-0.4, -0.2) is 56.7 Å². The number of rotatable bonds is 6. The van der Waals surface area contributed by atoms with Gasteiger partial charge < -0.3 is 24.7 Å². The van der Waals surface area contributed by atoms with E-state index in [0.29, 0.717) is 12.5 Å². The molecule has 0 spiro atoms. The Morgan fingerprint density at radius 3 is 2.80 bits per heavy atom. The van der Waals surface area contributed by atoms with Crippen LogP contribution in [0.2, 0.25) is 0 Å². The van der Waals surface area contributed by atoms with Crippen molar-refractivity contribution in [2.45, 2.75) is 45.3 Å². The van der Waals surface area contributed by atoms with Crippen LogP contribution in [0.5, 0.6) is 0 Å². The van der Waals surface area contributed by atoms with Gasteiger partial charge in [-0.15, -0.1) is 0 Å². The maximum absolute atomic E-state index is 11.8. The zero-order chi connectivity index (χ0) is 18.2. The third-order valence-electron chi connectivity index (χ3n) is 4.18. The van der Waals surface area contributed by atoms with E-state index in [-0.39, 0.29) is 24.6 Å². The summed E-state index contributed by atoms with van der Waals surface area (Å²) in [5.74, 6) is 2.25. The van der Waals surface area contributed by atoms with E-state index in [2.05, 4.69) is 15.6 Å². The van der Waals surface area contributed by atoms with Gasteiger partial charge in [-0.3, -0.25) is 4.79 Å². The first kappa shape index (κ1) is 19.3. The molecular formula is C18H30N4O3. The van der Waals surface area contributed by atoms with Gasteiger partial charge in [0, 0.05) is 27.2 Å². The summed E-state index contributed by atoms with van der Waals surface area (Å²) in [6, 6.07) is 3.82. The second-order valence-electron chi connectivity index (χ2n) is 6.64. The molecule has 140 valence electrons. The first-order valence-corrected chi connectivity index (χ1v) is 8.88. The van der Waals surface area contributed by atoms with E-state index >= 15 is 0 Å². The Balaban J connectivity index is 1.97. The second-order valence-corrected chi connectivity index (χ2v) is 6.64. The number of carbonyl (C=O) groups is 1. The Morgan fingerprint density at radius 1 is 1.40 bits per heavy atom. The fraction of sp³-hybridized carbons (Fsp3) is 0.667. The molecule has 2 N–H and O–H groups in total. The molecule has 25 heavy (non-hydrogen) atoms. The zero-order valence-electron chi connectivity index (χ0n) is 15.7. The van der Waals surface area contributed by atoms with Gasteiger partial charge in [-0.2, -0.15) is 0 Å². The van der Waals surface area contributed by atoms with Crippen molar-refractivity contribution in [1.82, 2.24) is 15.5 Å². The van der Waals surface area contributed by atoms with E-state index in [4.69, 9.17) is 9.15 Å². The maximum atomic E-state index is 11.8. The Bertz CT molecular complexity index is 577. The van der Waals surface area contributed by atoms with E-state index in [0.717, 1.165) is 31.0 Å². The molecule has 1 aliphatic heterocycles. The lowest BCUT2D eigenvalue weighted by Crippen LogP contribution is -2.44. The van der Waals surface area contributed by atoms with Gasteiger partial charge in [0.05, 0.1) is 12.1 Å². The molecule has 0 radical (unpaired) electrons. The van der Waals surface area contributed by atoms with E-state index in [9.17, 15) is 4.79 Å². The molecular weight excluding hydrogens is 320 g/mol. The van der Waals surface area contributed by atoms with E-state index in [1.807, 2.05) is 26.0 Å². The summed E-state index contributed by atoms with van der Waals surface area (Å²) in [5.41, 5.74) is 0. The summed E-state index contributed by atoms with van der Waals surface area (Å²) in [5, 5.41) is 6.59. The van der Waals surface area contributed by atoms with Crippen molar-refractivity contribution in [3.8, 4) is 0 Å². The van der Waals surface area contributed by atoms with Crippen molar-refractivity contribution < 1.29 is 13.9 Å². The third-order valence-corrected chi connectivity index (χ3v) is 4.18. The number of aryl methyl sites for hydroxylation is 1. The largest absolute Gasteiger partial charge is 0.464 e. The molecule has 2 atom stereocenters. The lowest BCUT2D eigenvalue weighted by molar-refractivity contribution is -0.127. The van der Waals surface area contributed by atoms with E-state index < -0.39 is 0 Å². The minimum Gasteiger partial charge on any atom is -0.464 e. The van der Waals surface area contributed by atoms with Crippen molar-refractivity contribution in [2.24, 2.45) is 4.99 Å². The van der Waals surface area contributed by atoms with Gasteiger partial charge in [0.25, 0.3) is 0 Å². The summed E-state index contributed by atoms with van der Waals surface area (Å²) in [6.07, 6.45) is 3.55. The molecule has 2 heterocycles. The molecule has 1 aromatic heterocycles. The van der Waals surface area contributed by atoms with Gasteiger partial charge in [-0.05, 0) is 45.2 Å². The monoisotopic (exact) mass is 350 g/mol. The number of aliphatic imine (C=N–C) groups is 1. The number of likely N-dealkylation sites (N-methyl/N-ethyl adjacent to an activating group) is 1. The number of hydrogen-bond acceptors (Lipinski definition) is 4. The van der Waals surface area contributed by atoms with Crippen LogP contribution in [0.4, 0.5) is 0 Å². The molecule has 0 saturated carbocycles. The smallest absolute Gasteiger partial charge is 0.243 e. The highest BCUT2D eigenvalue weighted by Gasteiger charge is 2.16. The molecule has 0 bridgehead atoms. The van der Waals surface area contributed by atoms with Gasteiger partial charge in [0.2, 0.25) is 5.91 Å². The summed E-state index contributed by atoms with van der Waals surface area (Å²) < 4.78 is 11.4. The Morgan fingerprint density at radius 2 is 2.20 bits per heavy atom. The van der Waals surface area contributed by atoms with Crippen LogP contribution in [0.3, 0.4) is 0 Å². The minimum absolute atomic E-state index is 0.0449. The number of furan rings is 1. The predicted molar refractivity (Wildman–Crippen MR) is 97.6 cm³/mol. The van der Waals surface area contributed by atoms with Crippen molar-refractivity contribution in [1.29, 1.82) is 0 Å². The first-order valence-electron chi connectivity index (χ1n) is 8.88. The molecule has 2 rings (SSSR count). The molecule has 1 aromatic rings.